The fraction of sp³-hybridized carbons (Fsp3) is 0.364. The summed E-state index contributed by atoms with van der Waals surface area (Å²) in [5, 5.41) is 2.71. The smallest absolute Gasteiger partial charge is 0.260 e. The topological polar surface area (TPSA) is 38.3 Å². The molecule has 0 aliphatic rings. The first-order valence-electron chi connectivity index (χ1n) is 4.83. The second-order valence-corrected chi connectivity index (χ2v) is 4.35. The first-order valence-corrected chi connectivity index (χ1v) is 5.91. The van der Waals surface area contributed by atoms with Crippen LogP contribution in [-0.4, -0.2) is 18.6 Å². The summed E-state index contributed by atoms with van der Waals surface area (Å²) in [5.41, 5.74) is 0. The number of amides is 1. The zero-order chi connectivity index (χ0) is 11.3. The molecule has 0 saturated heterocycles. The summed E-state index contributed by atoms with van der Waals surface area (Å²) in [4.78, 5) is 11.4. The second kappa shape index (κ2) is 5.95. The molecule has 1 atom stereocenters. The number of ether oxygens (including phenoxy) is 1. The number of benzene rings is 1. The predicted molar refractivity (Wildman–Crippen MR) is 67.9 cm³/mol. The quantitative estimate of drug-likeness (QED) is 0.864. The fourth-order valence-electron chi connectivity index (χ4n) is 1.09. The number of rotatable bonds is 4. The van der Waals surface area contributed by atoms with Crippen LogP contribution in [0.15, 0.2) is 24.3 Å². The molecule has 0 bridgehead atoms. The highest BCUT2D eigenvalue weighted by Crippen LogP contribution is 2.14. The van der Waals surface area contributed by atoms with Gasteiger partial charge >= 0.3 is 0 Å². The van der Waals surface area contributed by atoms with Gasteiger partial charge in [0, 0.05) is 10.1 Å². The van der Waals surface area contributed by atoms with E-state index in [9.17, 15) is 4.79 Å². The number of nitrogens with one attached hydrogen (secondary N) is 1. The number of carbonyl (C=O) groups excluding carboxylic acids is 1. The standard InChI is InChI=1S/C11H14INO2/c1-3-13-11(14)8(2)15-10-6-4-9(12)5-7-10/h4-8H,3H2,1-2H3,(H,13,14). The van der Waals surface area contributed by atoms with E-state index in [-0.39, 0.29) is 5.91 Å². The summed E-state index contributed by atoms with van der Waals surface area (Å²) >= 11 is 2.22. The van der Waals surface area contributed by atoms with Crippen LogP contribution < -0.4 is 10.1 Å². The van der Waals surface area contributed by atoms with E-state index in [4.69, 9.17) is 4.74 Å². The third-order valence-electron chi connectivity index (χ3n) is 1.85. The first-order chi connectivity index (χ1) is 7.13. The van der Waals surface area contributed by atoms with E-state index in [1.165, 1.54) is 0 Å². The highest BCUT2D eigenvalue weighted by molar-refractivity contribution is 14.1. The number of hydrogen-bond donors (Lipinski definition) is 1. The van der Waals surface area contributed by atoms with Crippen molar-refractivity contribution in [3.63, 3.8) is 0 Å². The Bertz CT molecular complexity index is 324. The Morgan fingerprint density at radius 3 is 2.60 bits per heavy atom. The molecule has 0 radical (unpaired) electrons. The molecule has 15 heavy (non-hydrogen) atoms. The van der Waals surface area contributed by atoms with Gasteiger partial charge in [0.15, 0.2) is 6.10 Å². The summed E-state index contributed by atoms with van der Waals surface area (Å²) in [5.74, 6) is 0.630. The molecule has 0 aromatic heterocycles. The van der Waals surface area contributed by atoms with Gasteiger partial charge in [-0.2, -0.15) is 0 Å². The lowest BCUT2D eigenvalue weighted by Gasteiger charge is -2.13. The highest BCUT2D eigenvalue weighted by atomic mass is 127. The van der Waals surface area contributed by atoms with E-state index < -0.39 is 6.10 Å². The molecule has 1 unspecified atom stereocenters. The van der Waals surface area contributed by atoms with Gasteiger partial charge in [-0.25, -0.2) is 0 Å². The lowest BCUT2D eigenvalue weighted by molar-refractivity contribution is -0.127. The van der Waals surface area contributed by atoms with Crippen molar-refractivity contribution in [1.82, 2.24) is 5.32 Å². The van der Waals surface area contributed by atoms with Gasteiger partial charge in [0.05, 0.1) is 0 Å². The molecule has 0 fully saturated rings. The van der Waals surface area contributed by atoms with Gasteiger partial charge in [0.1, 0.15) is 5.75 Å². The van der Waals surface area contributed by atoms with Crippen molar-refractivity contribution in [2.75, 3.05) is 6.54 Å². The number of hydrogen-bond acceptors (Lipinski definition) is 2. The summed E-state index contributed by atoms with van der Waals surface area (Å²) in [6, 6.07) is 7.61. The van der Waals surface area contributed by atoms with Crippen LogP contribution in [0.3, 0.4) is 0 Å². The van der Waals surface area contributed by atoms with Crippen molar-refractivity contribution in [3.05, 3.63) is 27.8 Å². The minimum Gasteiger partial charge on any atom is -0.481 e. The van der Waals surface area contributed by atoms with Crippen LogP contribution in [-0.2, 0) is 4.79 Å². The van der Waals surface area contributed by atoms with Crippen LogP contribution in [0.1, 0.15) is 13.8 Å². The molecule has 0 aliphatic carbocycles. The van der Waals surface area contributed by atoms with Gasteiger partial charge in [0.25, 0.3) is 5.91 Å². The van der Waals surface area contributed by atoms with Crippen LogP contribution in [0.25, 0.3) is 0 Å². The third kappa shape index (κ3) is 4.07. The zero-order valence-electron chi connectivity index (χ0n) is 8.79. The number of likely N-dealkylation sites (N-methyl/N-ethyl adjacent to an activating group) is 1. The molecule has 0 heterocycles. The molecule has 82 valence electrons. The highest BCUT2D eigenvalue weighted by Gasteiger charge is 2.12. The Kier molecular flexibility index (Phi) is 4.87. The van der Waals surface area contributed by atoms with E-state index in [2.05, 4.69) is 27.9 Å². The van der Waals surface area contributed by atoms with E-state index in [0.717, 1.165) is 3.57 Å². The van der Waals surface area contributed by atoms with Gasteiger partial charge < -0.3 is 10.1 Å². The Balaban J connectivity index is 2.54. The molecule has 4 heteroatoms. The van der Waals surface area contributed by atoms with Gasteiger partial charge in [-0.05, 0) is 60.7 Å². The minimum atomic E-state index is -0.454. The maximum atomic E-state index is 11.4. The SMILES string of the molecule is CCNC(=O)C(C)Oc1ccc(I)cc1. The molecule has 3 nitrogen and oxygen atoms in total. The monoisotopic (exact) mass is 319 g/mol. The first kappa shape index (κ1) is 12.3. The summed E-state index contributed by atoms with van der Waals surface area (Å²) in [7, 11) is 0. The molecular weight excluding hydrogens is 305 g/mol. The van der Waals surface area contributed by atoms with Gasteiger partial charge in [0.2, 0.25) is 0 Å². The molecule has 0 saturated carbocycles. The maximum Gasteiger partial charge on any atom is 0.260 e. The molecule has 1 aromatic carbocycles. The van der Waals surface area contributed by atoms with Crippen molar-refractivity contribution in [1.29, 1.82) is 0 Å². The zero-order valence-corrected chi connectivity index (χ0v) is 10.9. The Morgan fingerprint density at radius 2 is 2.07 bits per heavy atom. The normalized spacial score (nSPS) is 11.9. The fourth-order valence-corrected chi connectivity index (χ4v) is 1.45. The molecule has 1 amide bonds. The molecule has 1 N–H and O–H groups in total. The third-order valence-corrected chi connectivity index (χ3v) is 2.57. The molecule has 0 aliphatic heterocycles. The van der Waals surface area contributed by atoms with Crippen LogP contribution in [0, 0.1) is 3.57 Å². The van der Waals surface area contributed by atoms with Crippen molar-refractivity contribution in [2.45, 2.75) is 20.0 Å². The average Bonchev–Trinajstić information content (AvgIpc) is 2.22. The van der Waals surface area contributed by atoms with Crippen molar-refractivity contribution in [3.8, 4) is 5.75 Å². The largest absolute Gasteiger partial charge is 0.481 e. The molecule has 0 spiro atoms. The van der Waals surface area contributed by atoms with E-state index >= 15 is 0 Å². The van der Waals surface area contributed by atoms with Gasteiger partial charge in [-0.3, -0.25) is 4.79 Å². The second-order valence-electron chi connectivity index (χ2n) is 3.11. The van der Waals surface area contributed by atoms with E-state index in [0.29, 0.717) is 12.3 Å². The number of halogens is 1. The minimum absolute atomic E-state index is 0.0870. The van der Waals surface area contributed by atoms with Crippen molar-refractivity contribution in [2.24, 2.45) is 0 Å². The van der Waals surface area contributed by atoms with Gasteiger partial charge in [-0.1, -0.05) is 0 Å². The Morgan fingerprint density at radius 1 is 1.47 bits per heavy atom. The molecule has 1 rings (SSSR count). The van der Waals surface area contributed by atoms with Crippen LogP contribution >= 0.6 is 22.6 Å². The molecule has 1 aromatic rings. The van der Waals surface area contributed by atoms with Gasteiger partial charge in [-0.15, -0.1) is 0 Å². The van der Waals surface area contributed by atoms with Crippen LogP contribution in [0.2, 0.25) is 0 Å². The Hall–Kier alpha value is -0.780. The Labute approximate surface area is 103 Å². The predicted octanol–water partition coefficient (Wildman–Crippen LogP) is 2.19. The van der Waals surface area contributed by atoms with E-state index in [1.807, 2.05) is 31.2 Å². The van der Waals surface area contributed by atoms with Crippen molar-refractivity contribution >= 4 is 28.5 Å². The van der Waals surface area contributed by atoms with Crippen LogP contribution in [0.5, 0.6) is 5.75 Å². The average molecular weight is 319 g/mol. The maximum absolute atomic E-state index is 11.4. The molecular formula is C11H14INO2. The van der Waals surface area contributed by atoms with Crippen LogP contribution in [0.4, 0.5) is 0 Å². The number of carbonyl (C=O) groups is 1. The van der Waals surface area contributed by atoms with Crippen molar-refractivity contribution < 1.29 is 9.53 Å². The van der Waals surface area contributed by atoms with E-state index in [1.54, 1.807) is 6.92 Å². The summed E-state index contributed by atoms with van der Waals surface area (Å²) < 4.78 is 6.61. The summed E-state index contributed by atoms with van der Waals surface area (Å²) in [6.45, 7) is 4.25. The lowest BCUT2D eigenvalue weighted by atomic mass is 10.3. The summed E-state index contributed by atoms with van der Waals surface area (Å²) in [6.07, 6.45) is -0.454. The lowest BCUT2D eigenvalue weighted by Crippen LogP contribution is -2.36.